The Labute approximate surface area is 165 Å². The van der Waals surface area contributed by atoms with E-state index in [1.165, 1.54) is 0 Å². The maximum atomic E-state index is 12.5. The summed E-state index contributed by atoms with van der Waals surface area (Å²) in [5.74, 6) is -0.948. The SMILES string of the molecule is C=CCOCC(COC(=O)c1ccc(C)c(C)c1)OC(=O)c1ccccc1C. The molecule has 0 aliphatic carbocycles. The molecule has 0 amide bonds. The zero-order valence-corrected chi connectivity index (χ0v) is 16.6. The molecule has 0 bridgehead atoms. The van der Waals surface area contributed by atoms with E-state index in [4.69, 9.17) is 14.2 Å². The van der Waals surface area contributed by atoms with Gasteiger partial charge in [0.1, 0.15) is 6.61 Å². The van der Waals surface area contributed by atoms with Gasteiger partial charge in [-0.3, -0.25) is 0 Å². The van der Waals surface area contributed by atoms with E-state index in [9.17, 15) is 9.59 Å². The summed E-state index contributed by atoms with van der Waals surface area (Å²) in [5.41, 5.74) is 3.84. The minimum absolute atomic E-state index is 0.0967. The number of hydrogen-bond acceptors (Lipinski definition) is 5. The van der Waals surface area contributed by atoms with E-state index in [1.54, 1.807) is 30.3 Å². The number of ether oxygens (including phenoxy) is 3. The van der Waals surface area contributed by atoms with Crippen molar-refractivity contribution in [1.82, 2.24) is 0 Å². The highest BCUT2D eigenvalue weighted by Gasteiger charge is 2.20. The summed E-state index contributed by atoms with van der Waals surface area (Å²) < 4.78 is 16.3. The maximum Gasteiger partial charge on any atom is 0.338 e. The van der Waals surface area contributed by atoms with Crippen LogP contribution in [0.25, 0.3) is 0 Å². The summed E-state index contributed by atoms with van der Waals surface area (Å²) >= 11 is 0. The van der Waals surface area contributed by atoms with Crippen LogP contribution in [0, 0.1) is 20.8 Å². The summed E-state index contributed by atoms with van der Waals surface area (Å²) in [4.78, 5) is 24.8. The number of carbonyl (C=O) groups excluding carboxylic acids is 2. The van der Waals surface area contributed by atoms with Gasteiger partial charge in [0.25, 0.3) is 0 Å². The third-order valence-electron chi connectivity index (χ3n) is 4.32. The number of carbonyl (C=O) groups is 2. The summed E-state index contributed by atoms with van der Waals surface area (Å²) in [6.07, 6.45) is 0.879. The van der Waals surface area contributed by atoms with Crippen molar-refractivity contribution in [2.75, 3.05) is 19.8 Å². The van der Waals surface area contributed by atoms with Crippen molar-refractivity contribution in [3.05, 3.63) is 82.9 Å². The number of rotatable bonds is 9. The second kappa shape index (κ2) is 10.4. The second-order valence-electron chi connectivity index (χ2n) is 6.57. The van der Waals surface area contributed by atoms with Crippen LogP contribution in [0.2, 0.25) is 0 Å². The van der Waals surface area contributed by atoms with Gasteiger partial charge in [-0.15, -0.1) is 6.58 Å². The van der Waals surface area contributed by atoms with Crippen LogP contribution in [0.3, 0.4) is 0 Å². The van der Waals surface area contributed by atoms with Gasteiger partial charge in [0.2, 0.25) is 0 Å². The average molecular weight is 382 g/mol. The third-order valence-corrected chi connectivity index (χ3v) is 4.32. The average Bonchev–Trinajstić information content (AvgIpc) is 2.68. The number of hydrogen-bond donors (Lipinski definition) is 0. The molecule has 0 heterocycles. The van der Waals surface area contributed by atoms with Crippen LogP contribution in [0.4, 0.5) is 0 Å². The van der Waals surface area contributed by atoms with Crippen LogP contribution in [0.5, 0.6) is 0 Å². The molecule has 0 fully saturated rings. The van der Waals surface area contributed by atoms with Gasteiger partial charge in [0.15, 0.2) is 6.10 Å². The molecule has 0 aromatic heterocycles. The molecular formula is C23H26O5. The van der Waals surface area contributed by atoms with Gasteiger partial charge < -0.3 is 14.2 Å². The number of benzene rings is 2. The molecule has 0 spiro atoms. The van der Waals surface area contributed by atoms with E-state index >= 15 is 0 Å². The van der Waals surface area contributed by atoms with Gasteiger partial charge >= 0.3 is 11.9 Å². The van der Waals surface area contributed by atoms with Gasteiger partial charge in [0.05, 0.1) is 24.3 Å². The fraction of sp³-hybridized carbons (Fsp3) is 0.304. The van der Waals surface area contributed by atoms with Gasteiger partial charge in [-0.25, -0.2) is 9.59 Å². The Bertz CT molecular complexity index is 841. The Morgan fingerprint density at radius 1 is 0.964 bits per heavy atom. The molecule has 0 radical (unpaired) electrons. The molecule has 5 nitrogen and oxygen atoms in total. The molecule has 2 rings (SSSR count). The molecule has 0 saturated heterocycles. The van der Waals surface area contributed by atoms with Crippen molar-refractivity contribution in [2.24, 2.45) is 0 Å². The molecule has 2 aromatic carbocycles. The highest BCUT2D eigenvalue weighted by Crippen LogP contribution is 2.13. The smallest absolute Gasteiger partial charge is 0.338 e. The topological polar surface area (TPSA) is 61.8 Å². The first-order valence-corrected chi connectivity index (χ1v) is 9.12. The van der Waals surface area contributed by atoms with Gasteiger partial charge in [-0.1, -0.05) is 30.3 Å². The molecule has 0 saturated carbocycles. The van der Waals surface area contributed by atoms with Crippen LogP contribution in [-0.4, -0.2) is 37.9 Å². The van der Waals surface area contributed by atoms with Crippen LogP contribution in [-0.2, 0) is 14.2 Å². The van der Waals surface area contributed by atoms with E-state index in [2.05, 4.69) is 6.58 Å². The third kappa shape index (κ3) is 6.06. The lowest BCUT2D eigenvalue weighted by Gasteiger charge is -2.18. The first-order valence-electron chi connectivity index (χ1n) is 9.12. The predicted molar refractivity (Wildman–Crippen MR) is 108 cm³/mol. The molecule has 0 aliphatic heterocycles. The zero-order chi connectivity index (χ0) is 20.5. The van der Waals surface area contributed by atoms with Crippen molar-refractivity contribution in [1.29, 1.82) is 0 Å². The van der Waals surface area contributed by atoms with Crippen LogP contribution in [0.1, 0.15) is 37.4 Å². The number of esters is 2. The van der Waals surface area contributed by atoms with Gasteiger partial charge in [-0.2, -0.15) is 0 Å². The molecule has 28 heavy (non-hydrogen) atoms. The molecule has 5 heteroatoms. The Balaban J connectivity index is 2.02. The van der Waals surface area contributed by atoms with Crippen molar-refractivity contribution in [3.63, 3.8) is 0 Å². The predicted octanol–water partition coefficient (Wildman–Crippen LogP) is 4.20. The highest BCUT2D eigenvalue weighted by atomic mass is 16.6. The minimum atomic E-state index is -0.720. The Morgan fingerprint density at radius 3 is 2.39 bits per heavy atom. The quantitative estimate of drug-likeness (QED) is 0.370. The fourth-order valence-electron chi connectivity index (χ4n) is 2.54. The lowest BCUT2D eigenvalue weighted by molar-refractivity contribution is -0.0285. The zero-order valence-electron chi connectivity index (χ0n) is 16.6. The lowest BCUT2D eigenvalue weighted by atomic mass is 10.1. The van der Waals surface area contributed by atoms with Crippen LogP contribution >= 0.6 is 0 Å². The van der Waals surface area contributed by atoms with Crippen molar-refractivity contribution in [2.45, 2.75) is 26.9 Å². The van der Waals surface area contributed by atoms with Gasteiger partial charge in [0, 0.05) is 0 Å². The minimum Gasteiger partial charge on any atom is -0.458 e. The molecule has 2 aromatic rings. The molecule has 1 atom stereocenters. The molecule has 0 N–H and O–H groups in total. The summed E-state index contributed by atoms with van der Waals surface area (Å²) in [6.45, 7) is 9.64. The lowest BCUT2D eigenvalue weighted by Crippen LogP contribution is -2.30. The maximum absolute atomic E-state index is 12.5. The molecule has 0 aliphatic rings. The van der Waals surface area contributed by atoms with Crippen molar-refractivity contribution < 1.29 is 23.8 Å². The van der Waals surface area contributed by atoms with Crippen molar-refractivity contribution in [3.8, 4) is 0 Å². The summed E-state index contributed by atoms with van der Waals surface area (Å²) in [7, 11) is 0. The molecular weight excluding hydrogens is 356 g/mol. The van der Waals surface area contributed by atoms with Gasteiger partial charge in [-0.05, 0) is 55.7 Å². The summed E-state index contributed by atoms with van der Waals surface area (Å²) in [6, 6.07) is 12.5. The monoisotopic (exact) mass is 382 g/mol. The fourth-order valence-corrected chi connectivity index (χ4v) is 2.54. The molecule has 1 unspecified atom stereocenters. The molecule has 148 valence electrons. The van der Waals surface area contributed by atoms with Crippen molar-refractivity contribution >= 4 is 11.9 Å². The van der Waals surface area contributed by atoms with E-state index < -0.39 is 18.0 Å². The summed E-state index contributed by atoms with van der Waals surface area (Å²) in [5, 5.41) is 0. The highest BCUT2D eigenvalue weighted by molar-refractivity contribution is 5.91. The van der Waals surface area contributed by atoms with E-state index in [0.717, 1.165) is 16.7 Å². The van der Waals surface area contributed by atoms with E-state index in [0.29, 0.717) is 17.7 Å². The first-order chi connectivity index (χ1) is 13.4. The standard InChI is InChI=1S/C23H26O5/c1-5-12-26-14-20(28-23(25)21-9-7-6-8-17(21)3)15-27-22(24)19-11-10-16(2)18(4)13-19/h5-11,13,20H,1,12,14-15H2,2-4H3. The van der Waals surface area contributed by atoms with Crippen LogP contribution < -0.4 is 0 Å². The Hall–Kier alpha value is -2.92. The Morgan fingerprint density at radius 2 is 1.71 bits per heavy atom. The van der Waals surface area contributed by atoms with E-state index in [1.807, 2.05) is 39.0 Å². The van der Waals surface area contributed by atoms with Crippen LogP contribution in [0.15, 0.2) is 55.1 Å². The second-order valence-corrected chi connectivity index (χ2v) is 6.57. The first kappa shape index (κ1) is 21.4. The number of aryl methyl sites for hydroxylation is 3. The van der Waals surface area contributed by atoms with E-state index in [-0.39, 0.29) is 13.2 Å². The normalized spacial score (nSPS) is 11.5. The largest absolute Gasteiger partial charge is 0.458 e. The Kier molecular flexibility index (Phi) is 7.96.